The standard InChI is InChI=1S/C14H17Br2N3O/c1-9(2)19-13(17-8-18-19)7-20-14-10(3)4-12(16)5-11(14)6-15/h4-5,8-9H,6-7H2,1-3H3. The molecule has 0 bridgehead atoms. The van der Waals surface area contributed by atoms with Gasteiger partial charge in [0, 0.05) is 21.4 Å². The number of rotatable bonds is 5. The van der Waals surface area contributed by atoms with E-state index in [4.69, 9.17) is 4.74 Å². The summed E-state index contributed by atoms with van der Waals surface area (Å²) in [5.41, 5.74) is 2.22. The summed E-state index contributed by atoms with van der Waals surface area (Å²) in [6, 6.07) is 4.39. The first-order valence-corrected chi connectivity index (χ1v) is 8.30. The Morgan fingerprint density at radius 3 is 2.75 bits per heavy atom. The molecule has 0 unspecified atom stereocenters. The zero-order valence-electron chi connectivity index (χ0n) is 11.7. The van der Waals surface area contributed by atoms with Gasteiger partial charge in [-0.15, -0.1) is 0 Å². The Kier molecular flexibility index (Phi) is 5.21. The Labute approximate surface area is 135 Å². The minimum Gasteiger partial charge on any atom is -0.485 e. The summed E-state index contributed by atoms with van der Waals surface area (Å²) in [6.45, 7) is 6.61. The molecule has 108 valence electrons. The molecule has 20 heavy (non-hydrogen) atoms. The third-order valence-corrected chi connectivity index (χ3v) is 4.00. The van der Waals surface area contributed by atoms with E-state index in [2.05, 4.69) is 67.9 Å². The Morgan fingerprint density at radius 1 is 1.35 bits per heavy atom. The van der Waals surface area contributed by atoms with E-state index in [1.807, 2.05) is 11.6 Å². The molecule has 0 aliphatic heterocycles. The molecule has 0 radical (unpaired) electrons. The van der Waals surface area contributed by atoms with Crippen LogP contribution in [0.25, 0.3) is 0 Å². The van der Waals surface area contributed by atoms with Gasteiger partial charge in [0.25, 0.3) is 0 Å². The number of alkyl halides is 1. The summed E-state index contributed by atoms with van der Waals surface area (Å²) in [5, 5.41) is 4.97. The molecular weight excluding hydrogens is 386 g/mol. The van der Waals surface area contributed by atoms with Crippen LogP contribution in [0.2, 0.25) is 0 Å². The van der Waals surface area contributed by atoms with Crippen molar-refractivity contribution in [2.75, 3.05) is 0 Å². The lowest BCUT2D eigenvalue weighted by molar-refractivity contribution is 0.278. The molecule has 6 heteroatoms. The maximum absolute atomic E-state index is 5.97. The molecule has 0 aliphatic carbocycles. The van der Waals surface area contributed by atoms with Crippen molar-refractivity contribution in [1.82, 2.24) is 14.8 Å². The molecule has 1 aromatic heterocycles. The SMILES string of the molecule is Cc1cc(Br)cc(CBr)c1OCc1ncnn1C(C)C. The molecule has 0 saturated carbocycles. The van der Waals surface area contributed by atoms with Crippen LogP contribution in [0.4, 0.5) is 0 Å². The summed E-state index contributed by atoms with van der Waals surface area (Å²) < 4.78 is 8.91. The molecule has 2 aromatic rings. The van der Waals surface area contributed by atoms with Crippen molar-refractivity contribution < 1.29 is 4.74 Å². The summed E-state index contributed by atoms with van der Waals surface area (Å²) >= 11 is 7.00. The Balaban J connectivity index is 2.21. The van der Waals surface area contributed by atoms with Crippen molar-refractivity contribution in [1.29, 1.82) is 0 Å². The van der Waals surface area contributed by atoms with E-state index in [1.54, 1.807) is 6.33 Å². The van der Waals surface area contributed by atoms with Crippen molar-refractivity contribution in [2.24, 2.45) is 0 Å². The van der Waals surface area contributed by atoms with Gasteiger partial charge < -0.3 is 4.74 Å². The minimum absolute atomic E-state index is 0.276. The van der Waals surface area contributed by atoms with E-state index in [9.17, 15) is 0 Å². The fraction of sp³-hybridized carbons (Fsp3) is 0.429. The summed E-state index contributed by atoms with van der Waals surface area (Å²) in [7, 11) is 0. The van der Waals surface area contributed by atoms with Crippen LogP contribution in [0.1, 0.15) is 36.8 Å². The van der Waals surface area contributed by atoms with Gasteiger partial charge in [0.2, 0.25) is 0 Å². The first-order valence-electron chi connectivity index (χ1n) is 6.39. The summed E-state index contributed by atoms with van der Waals surface area (Å²) in [5.74, 6) is 1.74. The first kappa shape index (κ1) is 15.5. The zero-order valence-corrected chi connectivity index (χ0v) is 14.9. The lowest BCUT2D eigenvalue weighted by Crippen LogP contribution is -2.11. The van der Waals surface area contributed by atoms with Crippen molar-refractivity contribution in [3.63, 3.8) is 0 Å². The largest absolute Gasteiger partial charge is 0.485 e. The van der Waals surface area contributed by atoms with E-state index >= 15 is 0 Å². The second-order valence-corrected chi connectivity index (χ2v) is 6.32. The van der Waals surface area contributed by atoms with Gasteiger partial charge in [0.05, 0.1) is 0 Å². The van der Waals surface area contributed by atoms with Gasteiger partial charge in [-0.2, -0.15) is 5.10 Å². The molecule has 1 heterocycles. The molecule has 0 spiro atoms. The zero-order chi connectivity index (χ0) is 14.7. The predicted octanol–water partition coefficient (Wildman–Crippen LogP) is 4.40. The van der Waals surface area contributed by atoms with Gasteiger partial charge in [-0.1, -0.05) is 31.9 Å². The number of aromatic nitrogens is 3. The molecule has 0 saturated heterocycles. The average Bonchev–Trinajstić information content (AvgIpc) is 2.85. The van der Waals surface area contributed by atoms with Gasteiger partial charge in [-0.3, -0.25) is 0 Å². The molecule has 0 amide bonds. The molecule has 0 aliphatic rings. The van der Waals surface area contributed by atoms with Crippen LogP contribution in [-0.4, -0.2) is 14.8 Å². The van der Waals surface area contributed by atoms with Gasteiger partial charge >= 0.3 is 0 Å². The van der Waals surface area contributed by atoms with Crippen molar-refractivity contribution >= 4 is 31.9 Å². The highest BCUT2D eigenvalue weighted by Crippen LogP contribution is 2.30. The second-order valence-electron chi connectivity index (χ2n) is 4.85. The molecule has 0 fully saturated rings. The normalized spacial score (nSPS) is 11.1. The second kappa shape index (κ2) is 6.72. The molecule has 4 nitrogen and oxygen atoms in total. The number of hydrogen-bond acceptors (Lipinski definition) is 3. The van der Waals surface area contributed by atoms with E-state index < -0.39 is 0 Å². The van der Waals surface area contributed by atoms with E-state index in [0.717, 1.165) is 32.5 Å². The lowest BCUT2D eigenvalue weighted by Gasteiger charge is -2.15. The number of halogens is 2. The third-order valence-electron chi connectivity index (χ3n) is 2.94. The van der Waals surface area contributed by atoms with E-state index in [1.165, 1.54) is 0 Å². The highest BCUT2D eigenvalue weighted by atomic mass is 79.9. The Hall–Kier alpha value is -0.880. The van der Waals surface area contributed by atoms with Crippen LogP contribution < -0.4 is 4.74 Å². The van der Waals surface area contributed by atoms with Gasteiger partial charge in [-0.05, 0) is 38.5 Å². The number of ether oxygens (including phenoxy) is 1. The third kappa shape index (κ3) is 3.41. The smallest absolute Gasteiger partial charge is 0.165 e. The van der Waals surface area contributed by atoms with Crippen molar-refractivity contribution in [3.05, 3.63) is 39.9 Å². The van der Waals surface area contributed by atoms with Gasteiger partial charge in [0.15, 0.2) is 5.82 Å². The highest BCUT2D eigenvalue weighted by Gasteiger charge is 2.12. The van der Waals surface area contributed by atoms with Crippen LogP contribution in [0.5, 0.6) is 5.75 Å². The fourth-order valence-corrected chi connectivity index (χ4v) is 3.09. The quantitative estimate of drug-likeness (QED) is 0.695. The predicted molar refractivity (Wildman–Crippen MR) is 86.2 cm³/mol. The molecule has 1 aromatic carbocycles. The van der Waals surface area contributed by atoms with E-state index in [0.29, 0.717) is 6.61 Å². The monoisotopic (exact) mass is 401 g/mol. The van der Waals surface area contributed by atoms with Crippen LogP contribution in [-0.2, 0) is 11.9 Å². The number of hydrogen-bond donors (Lipinski definition) is 0. The molecule has 2 rings (SSSR count). The van der Waals surface area contributed by atoms with Crippen LogP contribution in [0.3, 0.4) is 0 Å². The number of aryl methyl sites for hydroxylation is 1. The van der Waals surface area contributed by atoms with Crippen LogP contribution >= 0.6 is 31.9 Å². The summed E-state index contributed by atoms with van der Waals surface area (Å²) in [4.78, 5) is 4.26. The fourth-order valence-electron chi connectivity index (χ4n) is 2.05. The average molecular weight is 403 g/mol. The highest BCUT2D eigenvalue weighted by molar-refractivity contribution is 9.10. The topological polar surface area (TPSA) is 39.9 Å². The van der Waals surface area contributed by atoms with Crippen molar-refractivity contribution in [2.45, 2.75) is 38.8 Å². The minimum atomic E-state index is 0.276. The summed E-state index contributed by atoms with van der Waals surface area (Å²) in [6.07, 6.45) is 1.57. The van der Waals surface area contributed by atoms with E-state index in [-0.39, 0.29) is 6.04 Å². The molecule has 0 N–H and O–H groups in total. The van der Waals surface area contributed by atoms with Crippen molar-refractivity contribution in [3.8, 4) is 5.75 Å². The maximum Gasteiger partial charge on any atom is 0.165 e. The first-order chi connectivity index (χ1) is 9.52. The maximum atomic E-state index is 5.97. The molecule has 0 atom stereocenters. The van der Waals surface area contributed by atoms with Crippen LogP contribution in [0, 0.1) is 6.92 Å². The van der Waals surface area contributed by atoms with Crippen LogP contribution in [0.15, 0.2) is 22.9 Å². The Bertz CT molecular complexity index is 596. The lowest BCUT2D eigenvalue weighted by atomic mass is 10.1. The van der Waals surface area contributed by atoms with Gasteiger partial charge in [-0.25, -0.2) is 9.67 Å². The number of benzene rings is 1. The van der Waals surface area contributed by atoms with Gasteiger partial charge in [0.1, 0.15) is 18.7 Å². The number of nitrogens with zero attached hydrogens (tertiary/aromatic N) is 3. The molecular formula is C14H17Br2N3O. The Morgan fingerprint density at radius 2 is 2.10 bits per heavy atom.